The van der Waals surface area contributed by atoms with E-state index in [9.17, 15) is 0 Å². The first-order valence-electron chi connectivity index (χ1n) is 5.39. The molecule has 0 aliphatic rings. The number of rotatable bonds is 3. The fourth-order valence-corrected chi connectivity index (χ4v) is 2.17. The second-order valence-electron chi connectivity index (χ2n) is 3.85. The molecule has 0 spiro atoms. The summed E-state index contributed by atoms with van der Waals surface area (Å²) in [7, 11) is 0. The van der Waals surface area contributed by atoms with Crippen LogP contribution in [-0.2, 0) is 6.42 Å². The van der Waals surface area contributed by atoms with Gasteiger partial charge in [-0.2, -0.15) is 0 Å². The zero-order valence-electron chi connectivity index (χ0n) is 9.10. The molecule has 3 aromatic rings. The average molecular weight is 247 g/mol. The number of nitrogens with zero attached hydrogens (tertiary/aromatic N) is 3. The summed E-state index contributed by atoms with van der Waals surface area (Å²) in [5, 5.41) is 8.82. The molecule has 0 saturated heterocycles. The van der Waals surface area contributed by atoms with Gasteiger partial charge in [0.15, 0.2) is 0 Å². The molecular formula is C12H11ClN4. The van der Waals surface area contributed by atoms with Gasteiger partial charge in [-0.15, -0.1) is 21.8 Å². The molecule has 0 saturated carbocycles. The Morgan fingerprint density at radius 3 is 2.82 bits per heavy atom. The zero-order valence-corrected chi connectivity index (χ0v) is 9.85. The van der Waals surface area contributed by atoms with E-state index in [4.69, 9.17) is 11.6 Å². The first-order chi connectivity index (χ1) is 8.38. The lowest BCUT2D eigenvalue weighted by Gasteiger charge is -2.02. The normalized spacial score (nSPS) is 11.1. The Bertz CT molecular complexity index is 627. The highest BCUT2D eigenvalue weighted by Gasteiger charge is 2.05. The summed E-state index contributed by atoms with van der Waals surface area (Å²) in [6.07, 6.45) is 6.26. The Morgan fingerprint density at radius 1 is 1.24 bits per heavy atom. The number of aromatic amines is 1. The van der Waals surface area contributed by atoms with E-state index in [1.807, 2.05) is 16.8 Å². The van der Waals surface area contributed by atoms with Crippen LogP contribution < -0.4 is 0 Å². The van der Waals surface area contributed by atoms with Crippen molar-refractivity contribution in [3.05, 3.63) is 42.6 Å². The number of alkyl halides is 1. The fraction of sp³-hybridized carbons (Fsp3) is 0.167. The number of hydrogen-bond donors (Lipinski definition) is 1. The van der Waals surface area contributed by atoms with Crippen LogP contribution in [0.4, 0.5) is 0 Å². The molecule has 0 unspecified atom stereocenters. The van der Waals surface area contributed by atoms with Crippen LogP contribution in [0, 0.1) is 0 Å². The van der Waals surface area contributed by atoms with Crippen molar-refractivity contribution in [2.75, 3.05) is 5.88 Å². The predicted octanol–water partition coefficient (Wildman–Crippen LogP) is 2.53. The van der Waals surface area contributed by atoms with Gasteiger partial charge in [0.1, 0.15) is 12.7 Å². The Labute approximate surface area is 103 Å². The van der Waals surface area contributed by atoms with Crippen LogP contribution in [0.3, 0.4) is 0 Å². The van der Waals surface area contributed by atoms with Gasteiger partial charge in [0.25, 0.3) is 0 Å². The van der Waals surface area contributed by atoms with Gasteiger partial charge in [-0.25, -0.2) is 0 Å². The van der Waals surface area contributed by atoms with Gasteiger partial charge in [0, 0.05) is 28.7 Å². The van der Waals surface area contributed by atoms with Crippen LogP contribution >= 0.6 is 11.6 Å². The molecule has 0 aliphatic heterocycles. The van der Waals surface area contributed by atoms with Crippen molar-refractivity contribution >= 4 is 22.5 Å². The Kier molecular flexibility index (Phi) is 2.57. The first-order valence-corrected chi connectivity index (χ1v) is 5.93. The number of halogens is 1. The molecule has 1 N–H and O–H groups in total. The highest BCUT2D eigenvalue weighted by molar-refractivity contribution is 6.18. The maximum Gasteiger partial charge on any atom is 0.123 e. The van der Waals surface area contributed by atoms with Gasteiger partial charge in [-0.1, -0.05) is 0 Å². The number of nitrogens with one attached hydrogen (secondary N) is 1. The van der Waals surface area contributed by atoms with Crippen LogP contribution in [0.2, 0.25) is 0 Å². The van der Waals surface area contributed by atoms with E-state index >= 15 is 0 Å². The minimum Gasteiger partial charge on any atom is -0.361 e. The highest BCUT2D eigenvalue weighted by Crippen LogP contribution is 2.22. The van der Waals surface area contributed by atoms with Gasteiger partial charge in [-0.3, -0.25) is 4.57 Å². The monoisotopic (exact) mass is 246 g/mol. The molecule has 4 nitrogen and oxygen atoms in total. The van der Waals surface area contributed by atoms with E-state index in [1.54, 1.807) is 12.7 Å². The summed E-state index contributed by atoms with van der Waals surface area (Å²) in [6.45, 7) is 0. The van der Waals surface area contributed by atoms with Crippen molar-refractivity contribution in [1.29, 1.82) is 0 Å². The van der Waals surface area contributed by atoms with Crippen molar-refractivity contribution in [3.8, 4) is 5.69 Å². The number of aromatic nitrogens is 4. The lowest BCUT2D eigenvalue weighted by Crippen LogP contribution is -1.90. The largest absolute Gasteiger partial charge is 0.361 e. The van der Waals surface area contributed by atoms with E-state index in [2.05, 4.69) is 27.3 Å². The summed E-state index contributed by atoms with van der Waals surface area (Å²) in [6, 6.07) is 6.21. The third kappa shape index (κ3) is 1.80. The molecule has 5 heteroatoms. The number of H-pyrrole nitrogens is 1. The highest BCUT2D eigenvalue weighted by atomic mass is 35.5. The third-order valence-electron chi connectivity index (χ3n) is 2.83. The van der Waals surface area contributed by atoms with E-state index in [0.717, 1.165) is 17.6 Å². The predicted molar refractivity (Wildman–Crippen MR) is 67.6 cm³/mol. The molecule has 0 radical (unpaired) electrons. The standard InChI is InChI=1S/C12H11ClN4/c13-4-3-9-6-14-12-2-1-10(5-11(9)12)17-7-15-16-8-17/h1-2,5-8,14H,3-4H2. The Hall–Kier alpha value is -1.81. The van der Waals surface area contributed by atoms with Crippen LogP contribution in [0.1, 0.15) is 5.56 Å². The van der Waals surface area contributed by atoms with E-state index in [-0.39, 0.29) is 0 Å². The SMILES string of the molecule is ClCCc1c[nH]c2ccc(-n3cnnc3)cc12. The van der Waals surface area contributed by atoms with Crippen molar-refractivity contribution < 1.29 is 0 Å². The topological polar surface area (TPSA) is 46.5 Å². The summed E-state index contributed by atoms with van der Waals surface area (Å²) < 4.78 is 1.89. The maximum atomic E-state index is 5.79. The van der Waals surface area contributed by atoms with Gasteiger partial charge in [-0.05, 0) is 30.2 Å². The number of fused-ring (bicyclic) bond motifs is 1. The lowest BCUT2D eigenvalue weighted by atomic mass is 10.1. The second-order valence-corrected chi connectivity index (χ2v) is 4.23. The Morgan fingerprint density at radius 2 is 2.06 bits per heavy atom. The molecule has 3 rings (SSSR count). The van der Waals surface area contributed by atoms with Crippen LogP contribution in [-0.4, -0.2) is 25.6 Å². The summed E-state index contributed by atoms with van der Waals surface area (Å²) in [5.41, 5.74) is 3.42. The summed E-state index contributed by atoms with van der Waals surface area (Å²) in [5.74, 6) is 0.629. The molecule has 0 bridgehead atoms. The van der Waals surface area contributed by atoms with Crippen LogP contribution in [0.15, 0.2) is 37.1 Å². The minimum absolute atomic E-state index is 0.629. The zero-order chi connectivity index (χ0) is 11.7. The summed E-state index contributed by atoms with van der Waals surface area (Å²) >= 11 is 5.79. The van der Waals surface area contributed by atoms with Crippen molar-refractivity contribution in [2.45, 2.75) is 6.42 Å². The molecule has 17 heavy (non-hydrogen) atoms. The van der Waals surface area contributed by atoms with Gasteiger partial charge in [0.05, 0.1) is 0 Å². The Balaban J connectivity index is 2.13. The molecule has 0 fully saturated rings. The van der Waals surface area contributed by atoms with E-state index < -0.39 is 0 Å². The van der Waals surface area contributed by atoms with Gasteiger partial charge < -0.3 is 4.98 Å². The number of hydrogen-bond acceptors (Lipinski definition) is 2. The molecule has 0 atom stereocenters. The molecule has 2 heterocycles. The molecular weight excluding hydrogens is 236 g/mol. The number of benzene rings is 1. The van der Waals surface area contributed by atoms with E-state index in [0.29, 0.717) is 5.88 Å². The van der Waals surface area contributed by atoms with Crippen molar-refractivity contribution in [1.82, 2.24) is 19.7 Å². The lowest BCUT2D eigenvalue weighted by molar-refractivity contribution is 1.06. The average Bonchev–Trinajstić information content (AvgIpc) is 2.98. The quantitative estimate of drug-likeness (QED) is 0.722. The second kappa shape index (κ2) is 4.22. The fourth-order valence-electron chi connectivity index (χ4n) is 1.97. The number of aryl methyl sites for hydroxylation is 1. The molecule has 1 aromatic carbocycles. The summed E-state index contributed by atoms with van der Waals surface area (Å²) in [4.78, 5) is 3.25. The first kappa shape index (κ1) is 10.4. The van der Waals surface area contributed by atoms with Gasteiger partial charge in [0.2, 0.25) is 0 Å². The van der Waals surface area contributed by atoms with Crippen molar-refractivity contribution in [2.24, 2.45) is 0 Å². The van der Waals surface area contributed by atoms with Crippen molar-refractivity contribution in [3.63, 3.8) is 0 Å². The third-order valence-corrected chi connectivity index (χ3v) is 3.02. The van der Waals surface area contributed by atoms with E-state index in [1.165, 1.54) is 10.9 Å². The van der Waals surface area contributed by atoms with Crippen LogP contribution in [0.5, 0.6) is 0 Å². The molecule has 0 amide bonds. The molecule has 0 aliphatic carbocycles. The smallest absolute Gasteiger partial charge is 0.123 e. The maximum absolute atomic E-state index is 5.79. The minimum atomic E-state index is 0.629. The molecule has 86 valence electrons. The van der Waals surface area contributed by atoms with Crippen LogP contribution in [0.25, 0.3) is 16.6 Å². The molecule has 2 aromatic heterocycles. The van der Waals surface area contributed by atoms with Gasteiger partial charge >= 0.3 is 0 Å².